The van der Waals surface area contributed by atoms with Crippen LogP contribution in [-0.2, 0) is 27.7 Å². The molecule has 0 aliphatic carbocycles. The number of hydrogen-bond acceptors (Lipinski definition) is 4. The van der Waals surface area contributed by atoms with Crippen molar-refractivity contribution in [2.45, 2.75) is 33.2 Å². The normalized spacial score (nSPS) is 15.5. The number of nitrogens with zero attached hydrogens (tertiary/aromatic N) is 1. The van der Waals surface area contributed by atoms with E-state index in [1.807, 2.05) is 19.9 Å². The quantitative estimate of drug-likeness (QED) is 0.827. The monoisotopic (exact) mass is 364 g/mol. The molecular formula is C18H24N2O4S. The van der Waals surface area contributed by atoms with E-state index in [9.17, 15) is 13.2 Å². The van der Waals surface area contributed by atoms with E-state index >= 15 is 0 Å². The van der Waals surface area contributed by atoms with Gasteiger partial charge in [-0.15, -0.1) is 0 Å². The van der Waals surface area contributed by atoms with Crippen LogP contribution in [0.4, 0.5) is 0 Å². The highest BCUT2D eigenvalue weighted by molar-refractivity contribution is 7.89. The number of rotatable bonds is 5. The van der Waals surface area contributed by atoms with Gasteiger partial charge in [-0.2, -0.15) is 4.31 Å². The van der Waals surface area contributed by atoms with E-state index in [4.69, 9.17) is 4.74 Å². The van der Waals surface area contributed by atoms with Crippen LogP contribution in [0.15, 0.2) is 18.2 Å². The van der Waals surface area contributed by atoms with E-state index in [1.54, 1.807) is 16.4 Å². The number of aromatic nitrogens is 1. The fourth-order valence-corrected chi connectivity index (χ4v) is 4.91. The van der Waals surface area contributed by atoms with Crippen LogP contribution in [0.2, 0.25) is 0 Å². The van der Waals surface area contributed by atoms with Crippen molar-refractivity contribution in [2.24, 2.45) is 5.92 Å². The summed E-state index contributed by atoms with van der Waals surface area (Å²) in [4.78, 5) is 15.1. The third-order valence-electron chi connectivity index (χ3n) is 4.71. The number of nitrogens with one attached hydrogen (secondary N) is 1. The number of benzene rings is 1. The predicted molar refractivity (Wildman–Crippen MR) is 97.0 cm³/mol. The molecule has 2 heterocycles. The number of aromatic amines is 1. The summed E-state index contributed by atoms with van der Waals surface area (Å²) in [6.45, 7) is 4.89. The lowest BCUT2D eigenvalue weighted by atomic mass is 10.0. The van der Waals surface area contributed by atoms with Crippen LogP contribution in [0.1, 0.15) is 41.9 Å². The lowest BCUT2D eigenvalue weighted by Gasteiger charge is -2.26. The molecule has 0 saturated carbocycles. The van der Waals surface area contributed by atoms with Crippen LogP contribution in [-0.4, -0.2) is 43.1 Å². The molecule has 1 aromatic heterocycles. The number of sulfonamides is 1. The number of carbonyl (C=O) groups is 1. The van der Waals surface area contributed by atoms with E-state index in [1.165, 1.54) is 7.11 Å². The Hall–Kier alpha value is -1.86. The van der Waals surface area contributed by atoms with Crippen LogP contribution in [0, 0.1) is 5.92 Å². The zero-order chi connectivity index (χ0) is 18.2. The lowest BCUT2D eigenvalue weighted by Crippen LogP contribution is -2.37. The summed E-state index contributed by atoms with van der Waals surface area (Å²) >= 11 is 0. The minimum absolute atomic E-state index is 0.176. The summed E-state index contributed by atoms with van der Waals surface area (Å²) in [5.41, 5.74) is 3.39. The van der Waals surface area contributed by atoms with E-state index in [0.717, 1.165) is 22.2 Å². The van der Waals surface area contributed by atoms with Gasteiger partial charge in [-0.1, -0.05) is 13.8 Å². The molecule has 1 aliphatic heterocycles. The third-order valence-corrected chi connectivity index (χ3v) is 6.56. The molecule has 1 aliphatic rings. The SMILES string of the molecule is COC(=O)c1ccc2[nH]c3c(c2c1)CN(S(=O)(=O)CCC(C)C)CC3. The van der Waals surface area contributed by atoms with Crippen molar-refractivity contribution < 1.29 is 17.9 Å². The van der Waals surface area contributed by atoms with Crippen LogP contribution >= 0.6 is 0 Å². The standard InChI is InChI=1S/C18H24N2O4S/c1-12(2)7-9-25(22,23)20-8-6-17-15(11-20)14-10-13(18(21)24-3)4-5-16(14)19-17/h4-5,10,12,19H,6-9,11H2,1-3H3. The van der Waals surface area contributed by atoms with Gasteiger partial charge in [0.1, 0.15) is 0 Å². The molecule has 1 aromatic carbocycles. The average molecular weight is 364 g/mol. The third kappa shape index (κ3) is 3.57. The van der Waals surface area contributed by atoms with Gasteiger partial charge in [0.15, 0.2) is 0 Å². The van der Waals surface area contributed by atoms with Crippen molar-refractivity contribution in [2.75, 3.05) is 19.4 Å². The molecule has 0 saturated heterocycles. The summed E-state index contributed by atoms with van der Waals surface area (Å²) < 4.78 is 31.6. The van der Waals surface area contributed by atoms with Crippen LogP contribution in [0.25, 0.3) is 10.9 Å². The number of esters is 1. The van der Waals surface area contributed by atoms with Crippen LogP contribution < -0.4 is 0 Å². The Kier molecular flexibility index (Phi) is 4.88. The van der Waals surface area contributed by atoms with Gasteiger partial charge in [0, 0.05) is 36.1 Å². The maximum atomic E-state index is 12.6. The molecule has 25 heavy (non-hydrogen) atoms. The first-order chi connectivity index (χ1) is 11.8. The second-order valence-corrected chi connectivity index (χ2v) is 9.00. The number of ether oxygens (including phenoxy) is 1. The molecule has 3 rings (SSSR count). The highest BCUT2D eigenvalue weighted by Gasteiger charge is 2.29. The summed E-state index contributed by atoms with van der Waals surface area (Å²) in [6.07, 6.45) is 1.31. The lowest BCUT2D eigenvalue weighted by molar-refractivity contribution is 0.0601. The summed E-state index contributed by atoms with van der Waals surface area (Å²) in [5.74, 6) is 0.135. The second kappa shape index (κ2) is 6.80. The van der Waals surface area contributed by atoms with Crippen LogP contribution in [0.5, 0.6) is 0 Å². The molecular weight excluding hydrogens is 340 g/mol. The van der Waals surface area contributed by atoms with Crippen molar-refractivity contribution in [3.8, 4) is 0 Å². The molecule has 6 nitrogen and oxygen atoms in total. The Morgan fingerprint density at radius 1 is 1.36 bits per heavy atom. The first kappa shape index (κ1) is 17.9. The summed E-state index contributed by atoms with van der Waals surface area (Å²) in [5, 5.41) is 0.890. The van der Waals surface area contributed by atoms with Gasteiger partial charge in [-0.3, -0.25) is 0 Å². The van der Waals surface area contributed by atoms with Gasteiger partial charge in [0.25, 0.3) is 0 Å². The second-order valence-electron chi connectivity index (χ2n) is 6.92. The molecule has 136 valence electrons. The van der Waals surface area contributed by atoms with E-state index in [0.29, 0.717) is 37.4 Å². The summed E-state index contributed by atoms with van der Waals surface area (Å²) in [6, 6.07) is 5.34. The molecule has 0 unspecified atom stereocenters. The topological polar surface area (TPSA) is 79.5 Å². The molecule has 0 amide bonds. The zero-order valence-corrected chi connectivity index (χ0v) is 15.6. The Labute approximate surface area is 148 Å². The maximum Gasteiger partial charge on any atom is 0.337 e. The van der Waals surface area contributed by atoms with Crippen molar-refractivity contribution in [3.05, 3.63) is 35.0 Å². The summed E-state index contributed by atoms with van der Waals surface area (Å²) in [7, 11) is -1.92. The first-order valence-corrected chi connectivity index (χ1v) is 10.1. The van der Waals surface area contributed by atoms with Gasteiger partial charge in [-0.25, -0.2) is 13.2 Å². The molecule has 1 N–H and O–H groups in total. The van der Waals surface area contributed by atoms with E-state index in [-0.39, 0.29) is 5.75 Å². The fraction of sp³-hybridized carbons (Fsp3) is 0.500. The minimum Gasteiger partial charge on any atom is -0.465 e. The molecule has 0 radical (unpaired) electrons. The zero-order valence-electron chi connectivity index (χ0n) is 14.8. The molecule has 0 spiro atoms. The van der Waals surface area contributed by atoms with Crippen molar-refractivity contribution >= 4 is 26.9 Å². The van der Waals surface area contributed by atoms with E-state index in [2.05, 4.69) is 4.98 Å². The van der Waals surface area contributed by atoms with Crippen molar-refractivity contribution in [1.29, 1.82) is 0 Å². The van der Waals surface area contributed by atoms with Gasteiger partial charge in [0.05, 0.1) is 18.4 Å². The Morgan fingerprint density at radius 3 is 2.80 bits per heavy atom. The fourth-order valence-electron chi connectivity index (χ4n) is 3.19. The van der Waals surface area contributed by atoms with Crippen LogP contribution in [0.3, 0.4) is 0 Å². The maximum absolute atomic E-state index is 12.6. The van der Waals surface area contributed by atoms with Gasteiger partial charge in [0.2, 0.25) is 10.0 Å². The first-order valence-electron chi connectivity index (χ1n) is 8.51. The molecule has 0 bridgehead atoms. The highest BCUT2D eigenvalue weighted by atomic mass is 32.2. The van der Waals surface area contributed by atoms with Crippen molar-refractivity contribution in [3.63, 3.8) is 0 Å². The van der Waals surface area contributed by atoms with E-state index < -0.39 is 16.0 Å². The molecule has 7 heteroatoms. The molecule has 0 fully saturated rings. The largest absolute Gasteiger partial charge is 0.465 e. The van der Waals surface area contributed by atoms with Crippen molar-refractivity contribution in [1.82, 2.24) is 9.29 Å². The Morgan fingerprint density at radius 2 is 2.12 bits per heavy atom. The number of carbonyl (C=O) groups excluding carboxylic acids is 1. The Balaban J connectivity index is 1.92. The van der Waals surface area contributed by atoms with Gasteiger partial charge < -0.3 is 9.72 Å². The average Bonchev–Trinajstić information content (AvgIpc) is 2.96. The minimum atomic E-state index is -3.27. The number of H-pyrrole nitrogens is 1. The Bertz CT molecular complexity index is 899. The molecule has 2 aromatic rings. The highest BCUT2D eigenvalue weighted by Crippen LogP contribution is 2.30. The van der Waals surface area contributed by atoms with Gasteiger partial charge in [-0.05, 0) is 36.1 Å². The predicted octanol–water partition coefficient (Wildman–Crippen LogP) is 2.69. The number of hydrogen-bond donors (Lipinski definition) is 1. The smallest absolute Gasteiger partial charge is 0.337 e. The number of methoxy groups -OCH3 is 1. The number of fused-ring (bicyclic) bond motifs is 3. The van der Waals surface area contributed by atoms with Gasteiger partial charge >= 0.3 is 5.97 Å². The molecule has 0 atom stereocenters.